The van der Waals surface area contributed by atoms with Crippen LogP contribution in [0.1, 0.15) is 20.3 Å². The lowest BCUT2D eigenvalue weighted by Crippen LogP contribution is -2.23. The number of benzene rings is 1. The Bertz CT molecular complexity index is 401. The lowest BCUT2D eigenvalue weighted by molar-refractivity contribution is -0.118. The SMILES string of the molecule is CC(=O)Nc1ccc(NC(C)CC(N)=O)cc1. The summed E-state index contributed by atoms with van der Waals surface area (Å²) in [6, 6.07) is 7.24. The number of carbonyl (C=O) groups excluding carboxylic acids is 2. The molecule has 1 aromatic rings. The topological polar surface area (TPSA) is 84.2 Å². The molecule has 1 aromatic carbocycles. The second-order valence-corrected chi connectivity index (χ2v) is 3.97. The first-order valence-electron chi connectivity index (χ1n) is 5.40. The van der Waals surface area contributed by atoms with Crippen molar-refractivity contribution in [3.8, 4) is 0 Å². The largest absolute Gasteiger partial charge is 0.382 e. The molecular weight excluding hydrogens is 218 g/mol. The Morgan fingerprint density at radius 1 is 1.24 bits per heavy atom. The molecule has 0 aromatic heterocycles. The first-order valence-corrected chi connectivity index (χ1v) is 5.40. The van der Waals surface area contributed by atoms with Crippen LogP contribution in [0.2, 0.25) is 0 Å². The molecule has 1 unspecified atom stereocenters. The van der Waals surface area contributed by atoms with Gasteiger partial charge in [0.15, 0.2) is 0 Å². The van der Waals surface area contributed by atoms with Crippen LogP contribution in [-0.2, 0) is 9.59 Å². The highest BCUT2D eigenvalue weighted by atomic mass is 16.1. The number of amides is 2. The zero-order chi connectivity index (χ0) is 12.8. The quantitative estimate of drug-likeness (QED) is 0.719. The Morgan fingerprint density at radius 3 is 2.24 bits per heavy atom. The lowest BCUT2D eigenvalue weighted by Gasteiger charge is -2.13. The van der Waals surface area contributed by atoms with Gasteiger partial charge in [-0.1, -0.05) is 0 Å². The van der Waals surface area contributed by atoms with Gasteiger partial charge in [-0.2, -0.15) is 0 Å². The van der Waals surface area contributed by atoms with Crippen molar-refractivity contribution in [1.29, 1.82) is 0 Å². The second kappa shape index (κ2) is 5.89. The van der Waals surface area contributed by atoms with Gasteiger partial charge in [0.1, 0.15) is 0 Å². The smallest absolute Gasteiger partial charge is 0.221 e. The van der Waals surface area contributed by atoms with E-state index in [1.54, 1.807) is 12.1 Å². The maximum atomic E-state index is 10.8. The van der Waals surface area contributed by atoms with Gasteiger partial charge in [-0.05, 0) is 31.2 Å². The fourth-order valence-electron chi connectivity index (χ4n) is 1.49. The minimum absolute atomic E-state index is 0.0147. The number of nitrogens with two attached hydrogens (primary N) is 1. The van der Waals surface area contributed by atoms with Crippen molar-refractivity contribution in [2.75, 3.05) is 10.6 Å². The highest BCUT2D eigenvalue weighted by Crippen LogP contribution is 2.14. The minimum Gasteiger partial charge on any atom is -0.382 e. The molecule has 0 aliphatic rings. The summed E-state index contributed by atoms with van der Waals surface area (Å²) < 4.78 is 0. The average molecular weight is 235 g/mol. The van der Waals surface area contributed by atoms with Crippen molar-refractivity contribution in [1.82, 2.24) is 0 Å². The summed E-state index contributed by atoms with van der Waals surface area (Å²) in [4.78, 5) is 21.5. The Morgan fingerprint density at radius 2 is 1.76 bits per heavy atom. The van der Waals surface area contributed by atoms with E-state index in [1.807, 2.05) is 19.1 Å². The molecule has 92 valence electrons. The number of primary amides is 1. The van der Waals surface area contributed by atoms with Crippen LogP contribution in [0.15, 0.2) is 24.3 Å². The van der Waals surface area contributed by atoms with Gasteiger partial charge in [0, 0.05) is 30.8 Å². The highest BCUT2D eigenvalue weighted by molar-refractivity contribution is 5.88. The maximum Gasteiger partial charge on any atom is 0.221 e. The molecule has 0 saturated heterocycles. The van der Waals surface area contributed by atoms with Crippen LogP contribution >= 0.6 is 0 Å². The number of hydrogen-bond donors (Lipinski definition) is 3. The number of anilines is 2. The van der Waals surface area contributed by atoms with Crippen molar-refractivity contribution >= 4 is 23.2 Å². The third-order valence-electron chi connectivity index (χ3n) is 2.13. The number of carbonyl (C=O) groups is 2. The highest BCUT2D eigenvalue weighted by Gasteiger charge is 2.05. The summed E-state index contributed by atoms with van der Waals surface area (Å²) in [5, 5.41) is 5.82. The van der Waals surface area contributed by atoms with Crippen LogP contribution in [0.5, 0.6) is 0 Å². The minimum atomic E-state index is -0.333. The van der Waals surface area contributed by atoms with E-state index >= 15 is 0 Å². The van der Waals surface area contributed by atoms with Crippen molar-refractivity contribution in [2.24, 2.45) is 5.73 Å². The predicted molar refractivity (Wildman–Crippen MR) is 67.6 cm³/mol. The summed E-state index contributed by atoms with van der Waals surface area (Å²) in [6.07, 6.45) is 0.285. The summed E-state index contributed by atoms with van der Waals surface area (Å²) in [5.41, 5.74) is 6.72. The molecule has 0 radical (unpaired) electrons. The summed E-state index contributed by atoms with van der Waals surface area (Å²) in [6.45, 7) is 3.34. The fourth-order valence-corrected chi connectivity index (χ4v) is 1.49. The zero-order valence-corrected chi connectivity index (χ0v) is 9.99. The first kappa shape index (κ1) is 13.0. The zero-order valence-electron chi connectivity index (χ0n) is 9.99. The molecule has 0 fully saturated rings. The summed E-state index contributed by atoms with van der Waals surface area (Å²) in [5.74, 6) is -0.437. The Kier molecular flexibility index (Phi) is 4.51. The van der Waals surface area contributed by atoms with Crippen molar-refractivity contribution in [3.63, 3.8) is 0 Å². The molecule has 0 heterocycles. The van der Waals surface area contributed by atoms with E-state index in [0.717, 1.165) is 11.4 Å². The van der Waals surface area contributed by atoms with Crippen LogP contribution in [0.3, 0.4) is 0 Å². The van der Waals surface area contributed by atoms with Gasteiger partial charge >= 0.3 is 0 Å². The van der Waals surface area contributed by atoms with Gasteiger partial charge in [0.25, 0.3) is 0 Å². The van der Waals surface area contributed by atoms with E-state index in [1.165, 1.54) is 6.92 Å². The summed E-state index contributed by atoms with van der Waals surface area (Å²) >= 11 is 0. The second-order valence-electron chi connectivity index (χ2n) is 3.97. The third kappa shape index (κ3) is 5.01. The average Bonchev–Trinajstić information content (AvgIpc) is 2.18. The standard InChI is InChI=1S/C12H17N3O2/c1-8(7-12(13)17)14-10-3-5-11(6-4-10)15-9(2)16/h3-6,8,14H,7H2,1-2H3,(H2,13,17)(H,15,16). The molecule has 5 nitrogen and oxygen atoms in total. The molecule has 1 rings (SSSR count). The van der Waals surface area contributed by atoms with Gasteiger partial charge in [0.05, 0.1) is 0 Å². The molecule has 17 heavy (non-hydrogen) atoms. The van der Waals surface area contributed by atoms with Crippen molar-refractivity contribution in [3.05, 3.63) is 24.3 Å². The lowest BCUT2D eigenvalue weighted by atomic mass is 10.2. The molecule has 0 spiro atoms. The van der Waals surface area contributed by atoms with E-state index in [9.17, 15) is 9.59 Å². The van der Waals surface area contributed by atoms with Gasteiger partial charge in [-0.3, -0.25) is 9.59 Å². The van der Waals surface area contributed by atoms with Crippen LogP contribution in [0.25, 0.3) is 0 Å². The van der Waals surface area contributed by atoms with E-state index in [4.69, 9.17) is 5.73 Å². The van der Waals surface area contributed by atoms with E-state index in [0.29, 0.717) is 0 Å². The van der Waals surface area contributed by atoms with E-state index in [2.05, 4.69) is 10.6 Å². The molecule has 2 amide bonds. The van der Waals surface area contributed by atoms with Crippen molar-refractivity contribution < 1.29 is 9.59 Å². The molecule has 5 heteroatoms. The summed E-state index contributed by atoms with van der Waals surface area (Å²) in [7, 11) is 0. The Labute approximate surface area is 100 Å². The van der Waals surface area contributed by atoms with Crippen LogP contribution in [-0.4, -0.2) is 17.9 Å². The molecule has 0 aliphatic heterocycles. The number of nitrogens with one attached hydrogen (secondary N) is 2. The van der Waals surface area contributed by atoms with Crippen LogP contribution in [0, 0.1) is 0 Å². The fraction of sp³-hybridized carbons (Fsp3) is 0.333. The molecule has 4 N–H and O–H groups in total. The molecule has 1 atom stereocenters. The molecule has 0 saturated carbocycles. The van der Waals surface area contributed by atoms with Gasteiger partial charge in [-0.25, -0.2) is 0 Å². The van der Waals surface area contributed by atoms with Gasteiger partial charge in [0.2, 0.25) is 11.8 Å². The van der Waals surface area contributed by atoms with Gasteiger partial charge in [-0.15, -0.1) is 0 Å². The number of hydrogen-bond acceptors (Lipinski definition) is 3. The molecule has 0 bridgehead atoms. The molecular formula is C12H17N3O2. The first-order chi connectivity index (χ1) is 7.97. The van der Waals surface area contributed by atoms with Crippen LogP contribution < -0.4 is 16.4 Å². The maximum absolute atomic E-state index is 10.8. The Balaban J connectivity index is 2.56. The monoisotopic (exact) mass is 235 g/mol. The third-order valence-corrected chi connectivity index (χ3v) is 2.13. The number of rotatable bonds is 5. The predicted octanol–water partition coefficient (Wildman–Crippen LogP) is 1.32. The van der Waals surface area contributed by atoms with Crippen LogP contribution in [0.4, 0.5) is 11.4 Å². The Hall–Kier alpha value is -2.04. The normalized spacial score (nSPS) is 11.6. The van der Waals surface area contributed by atoms with Gasteiger partial charge < -0.3 is 16.4 Å². The molecule has 0 aliphatic carbocycles. The van der Waals surface area contributed by atoms with E-state index in [-0.39, 0.29) is 24.3 Å². The van der Waals surface area contributed by atoms with E-state index < -0.39 is 0 Å². The van der Waals surface area contributed by atoms with Crippen molar-refractivity contribution in [2.45, 2.75) is 26.3 Å².